The molecule has 0 aliphatic heterocycles. The van der Waals surface area contributed by atoms with Gasteiger partial charge in [-0.1, -0.05) is 47.6 Å². The molecule has 0 spiro atoms. The van der Waals surface area contributed by atoms with E-state index in [4.69, 9.17) is 8.94 Å². The van der Waals surface area contributed by atoms with Crippen molar-refractivity contribution in [3.05, 3.63) is 65.7 Å². The van der Waals surface area contributed by atoms with Gasteiger partial charge in [-0.2, -0.15) is 4.98 Å². The van der Waals surface area contributed by atoms with Crippen molar-refractivity contribution in [3.63, 3.8) is 0 Å². The average Bonchev–Trinajstić information content (AvgIpc) is 3.45. The Morgan fingerprint density at radius 3 is 2.83 bits per heavy atom. The van der Waals surface area contributed by atoms with Gasteiger partial charge in [-0.25, -0.2) is 0 Å². The summed E-state index contributed by atoms with van der Waals surface area (Å²) in [7, 11) is 0. The molecule has 8 heteroatoms. The Morgan fingerprint density at radius 2 is 2.07 bits per heavy atom. The molecule has 4 rings (SSSR count). The second kappa shape index (κ2) is 8.65. The summed E-state index contributed by atoms with van der Waals surface area (Å²) in [4.78, 5) is 4.50. The smallest absolute Gasteiger partial charge is 0.239 e. The molecule has 7 nitrogen and oxygen atoms in total. The first-order valence-corrected chi connectivity index (χ1v) is 10.5. The summed E-state index contributed by atoms with van der Waals surface area (Å²) in [6.07, 6.45) is 3.47. The van der Waals surface area contributed by atoms with Crippen LogP contribution < -0.4 is 0 Å². The highest BCUT2D eigenvalue weighted by Gasteiger charge is 2.22. The van der Waals surface area contributed by atoms with Crippen LogP contribution in [-0.4, -0.2) is 24.9 Å². The SMILES string of the molecule is CCCc1noc([C@@H](C)Sc2nnc(-c3cccc(C)c3)n2Cc2ccco2)n1. The van der Waals surface area contributed by atoms with Gasteiger partial charge in [0.1, 0.15) is 5.76 Å². The molecule has 0 saturated carbocycles. The molecule has 3 aromatic heterocycles. The molecule has 0 radical (unpaired) electrons. The molecular formula is C21H23N5O2S. The van der Waals surface area contributed by atoms with E-state index in [2.05, 4.69) is 50.9 Å². The third-order valence-corrected chi connectivity index (χ3v) is 5.54. The molecule has 0 aliphatic rings. The first kappa shape index (κ1) is 19.4. The largest absolute Gasteiger partial charge is 0.467 e. The fraction of sp³-hybridized carbons (Fsp3) is 0.333. The standard InChI is InChI=1S/C21H23N5O2S/c1-4-7-18-22-20(28-25-18)15(3)29-21-24-23-19(16-9-5-8-14(2)12-16)26(21)13-17-10-6-11-27-17/h5-6,8-12,15H,4,7,13H2,1-3H3/t15-/m1/s1. The van der Waals surface area contributed by atoms with E-state index in [9.17, 15) is 0 Å². The predicted molar refractivity (Wildman–Crippen MR) is 111 cm³/mol. The summed E-state index contributed by atoms with van der Waals surface area (Å²) in [5.74, 6) is 2.99. The third-order valence-electron chi connectivity index (χ3n) is 4.47. The van der Waals surface area contributed by atoms with Crippen molar-refractivity contribution in [1.82, 2.24) is 24.9 Å². The van der Waals surface area contributed by atoms with Crippen LogP contribution in [0.2, 0.25) is 0 Å². The van der Waals surface area contributed by atoms with E-state index in [-0.39, 0.29) is 5.25 Å². The van der Waals surface area contributed by atoms with Crippen molar-refractivity contribution in [3.8, 4) is 11.4 Å². The van der Waals surface area contributed by atoms with Crippen LogP contribution in [0.5, 0.6) is 0 Å². The third kappa shape index (κ3) is 4.42. The Hall–Kier alpha value is -2.87. The second-order valence-electron chi connectivity index (χ2n) is 6.90. The molecule has 0 amide bonds. The van der Waals surface area contributed by atoms with Gasteiger partial charge in [0.25, 0.3) is 0 Å². The fourth-order valence-electron chi connectivity index (χ4n) is 3.04. The van der Waals surface area contributed by atoms with E-state index in [1.807, 2.05) is 31.2 Å². The average molecular weight is 410 g/mol. The number of rotatable bonds is 8. The van der Waals surface area contributed by atoms with Crippen molar-refractivity contribution in [2.75, 3.05) is 0 Å². The Kier molecular flexibility index (Phi) is 5.80. The summed E-state index contributed by atoms with van der Waals surface area (Å²) in [5, 5.41) is 13.7. The fourth-order valence-corrected chi connectivity index (χ4v) is 3.92. The van der Waals surface area contributed by atoms with Crippen LogP contribution >= 0.6 is 11.8 Å². The Labute approximate surface area is 173 Å². The first-order valence-electron chi connectivity index (χ1n) is 9.65. The number of hydrogen-bond donors (Lipinski definition) is 0. The molecule has 1 aromatic carbocycles. The Bertz CT molecular complexity index is 1070. The van der Waals surface area contributed by atoms with Crippen molar-refractivity contribution in [1.29, 1.82) is 0 Å². The van der Waals surface area contributed by atoms with E-state index in [1.165, 1.54) is 5.56 Å². The minimum atomic E-state index is -0.0435. The highest BCUT2D eigenvalue weighted by Crippen LogP contribution is 2.35. The van der Waals surface area contributed by atoms with Gasteiger partial charge in [0.05, 0.1) is 18.1 Å². The molecule has 3 heterocycles. The maximum atomic E-state index is 5.57. The van der Waals surface area contributed by atoms with Gasteiger partial charge in [-0.3, -0.25) is 4.57 Å². The zero-order valence-corrected chi connectivity index (χ0v) is 17.5. The Morgan fingerprint density at radius 1 is 1.17 bits per heavy atom. The zero-order valence-electron chi connectivity index (χ0n) is 16.7. The lowest BCUT2D eigenvalue weighted by Gasteiger charge is -2.11. The van der Waals surface area contributed by atoms with Gasteiger partial charge in [0.15, 0.2) is 16.8 Å². The monoisotopic (exact) mass is 409 g/mol. The van der Waals surface area contributed by atoms with Crippen LogP contribution in [-0.2, 0) is 13.0 Å². The predicted octanol–water partition coefficient (Wildman–Crippen LogP) is 5.08. The number of hydrogen-bond acceptors (Lipinski definition) is 7. The number of benzene rings is 1. The quantitative estimate of drug-likeness (QED) is 0.375. The number of aromatic nitrogens is 5. The summed E-state index contributed by atoms with van der Waals surface area (Å²) in [6, 6.07) is 12.1. The van der Waals surface area contributed by atoms with Crippen LogP contribution in [0, 0.1) is 6.92 Å². The molecule has 0 bridgehead atoms. The second-order valence-corrected chi connectivity index (χ2v) is 8.21. The van der Waals surface area contributed by atoms with Gasteiger partial charge >= 0.3 is 0 Å². The van der Waals surface area contributed by atoms with Gasteiger partial charge < -0.3 is 8.94 Å². The van der Waals surface area contributed by atoms with E-state index >= 15 is 0 Å². The molecule has 4 aromatic rings. The van der Waals surface area contributed by atoms with Crippen LogP contribution in [0.3, 0.4) is 0 Å². The van der Waals surface area contributed by atoms with Crippen molar-refractivity contribution in [2.24, 2.45) is 0 Å². The molecule has 0 fully saturated rings. The van der Waals surface area contributed by atoms with Crippen molar-refractivity contribution < 1.29 is 8.94 Å². The molecular weight excluding hydrogens is 386 g/mol. The summed E-state index contributed by atoms with van der Waals surface area (Å²) >= 11 is 1.55. The molecule has 29 heavy (non-hydrogen) atoms. The normalized spacial score (nSPS) is 12.4. The van der Waals surface area contributed by atoms with E-state index in [0.29, 0.717) is 12.4 Å². The first-order chi connectivity index (χ1) is 14.1. The zero-order chi connectivity index (χ0) is 20.2. The van der Waals surface area contributed by atoms with Crippen molar-refractivity contribution >= 4 is 11.8 Å². The van der Waals surface area contributed by atoms with Crippen LogP contribution in [0.25, 0.3) is 11.4 Å². The topological polar surface area (TPSA) is 82.8 Å². The van der Waals surface area contributed by atoms with Crippen LogP contribution in [0.15, 0.2) is 56.8 Å². The van der Waals surface area contributed by atoms with Crippen LogP contribution in [0.1, 0.15) is 48.6 Å². The highest BCUT2D eigenvalue weighted by atomic mass is 32.2. The van der Waals surface area contributed by atoms with E-state index in [1.54, 1.807) is 18.0 Å². The minimum absolute atomic E-state index is 0.0435. The summed E-state index contributed by atoms with van der Waals surface area (Å²) < 4.78 is 13.1. The lowest BCUT2D eigenvalue weighted by Crippen LogP contribution is -2.04. The number of nitrogens with zero attached hydrogens (tertiary/aromatic N) is 5. The molecule has 0 aliphatic carbocycles. The molecule has 0 saturated heterocycles. The molecule has 1 atom stereocenters. The van der Waals surface area contributed by atoms with E-state index in [0.717, 1.165) is 41.0 Å². The number of furan rings is 1. The maximum Gasteiger partial charge on any atom is 0.239 e. The Balaban J connectivity index is 1.65. The molecule has 0 N–H and O–H groups in total. The summed E-state index contributed by atoms with van der Waals surface area (Å²) in [6.45, 7) is 6.74. The maximum absolute atomic E-state index is 5.57. The number of aryl methyl sites for hydroxylation is 2. The lowest BCUT2D eigenvalue weighted by molar-refractivity contribution is 0.374. The number of thioether (sulfide) groups is 1. The highest BCUT2D eigenvalue weighted by molar-refractivity contribution is 7.99. The summed E-state index contributed by atoms with van der Waals surface area (Å²) in [5.41, 5.74) is 2.19. The van der Waals surface area contributed by atoms with Gasteiger partial charge in [0.2, 0.25) is 5.89 Å². The van der Waals surface area contributed by atoms with E-state index < -0.39 is 0 Å². The van der Waals surface area contributed by atoms with Gasteiger partial charge in [0, 0.05) is 12.0 Å². The van der Waals surface area contributed by atoms with Gasteiger partial charge in [-0.15, -0.1) is 10.2 Å². The van der Waals surface area contributed by atoms with Crippen LogP contribution in [0.4, 0.5) is 0 Å². The minimum Gasteiger partial charge on any atom is -0.467 e. The van der Waals surface area contributed by atoms with Gasteiger partial charge in [-0.05, 0) is 38.5 Å². The molecule has 150 valence electrons. The lowest BCUT2D eigenvalue weighted by atomic mass is 10.1. The van der Waals surface area contributed by atoms with Crippen molar-refractivity contribution in [2.45, 2.75) is 50.6 Å². The molecule has 0 unspecified atom stereocenters.